The van der Waals surface area contributed by atoms with Gasteiger partial charge in [0.05, 0.1) is 33.4 Å². The van der Waals surface area contributed by atoms with Crippen LogP contribution in [0.5, 0.6) is 28.7 Å². The van der Waals surface area contributed by atoms with Crippen LogP contribution in [-0.2, 0) is 11.2 Å². The second-order valence-electron chi connectivity index (χ2n) is 8.33. The number of rotatable bonds is 6. The second-order valence-corrected chi connectivity index (χ2v) is 9.21. The van der Waals surface area contributed by atoms with E-state index in [-0.39, 0.29) is 12.7 Å². The highest BCUT2D eigenvalue weighted by atomic mass is 35.5. The summed E-state index contributed by atoms with van der Waals surface area (Å²) in [7, 11) is 4.70. The van der Waals surface area contributed by atoms with Crippen LogP contribution < -0.4 is 34.3 Å². The Hall–Kier alpha value is -3.33. The number of hydrogen-bond donors (Lipinski definition) is 2. The van der Waals surface area contributed by atoms with Gasteiger partial charge in [-0.25, -0.2) is 0 Å². The standard InChI is InChI=1S/C26H24Cl2N2O6/c1-32-21-8-14-6-18(26(31)29-17-10-15(27)9-16(28)11-17)30-23(22(14)25(34-3)24(21)33-2)13-4-5-19-20(7-13)36-12-35-19/h4-5,7-11,18,23,30H,6,12H2,1-3H3,(H,29,31)/t18-,23+/m0/s1. The van der Waals surface area contributed by atoms with Gasteiger partial charge < -0.3 is 29.0 Å². The van der Waals surface area contributed by atoms with Crippen molar-refractivity contribution in [3.05, 3.63) is 69.2 Å². The normalized spacial score (nSPS) is 17.8. The van der Waals surface area contributed by atoms with Gasteiger partial charge in [0, 0.05) is 21.3 Å². The zero-order valence-electron chi connectivity index (χ0n) is 19.8. The van der Waals surface area contributed by atoms with Gasteiger partial charge in [-0.3, -0.25) is 10.1 Å². The van der Waals surface area contributed by atoms with Crippen molar-refractivity contribution in [2.45, 2.75) is 18.5 Å². The smallest absolute Gasteiger partial charge is 0.241 e. The van der Waals surface area contributed by atoms with Crippen molar-refractivity contribution >= 4 is 34.8 Å². The van der Waals surface area contributed by atoms with Crippen molar-refractivity contribution in [2.75, 3.05) is 33.4 Å². The number of carbonyl (C=O) groups is 1. The zero-order valence-corrected chi connectivity index (χ0v) is 21.3. The van der Waals surface area contributed by atoms with Crippen molar-refractivity contribution < 1.29 is 28.5 Å². The number of hydrogen-bond acceptors (Lipinski definition) is 7. The Kier molecular flexibility index (Phi) is 6.75. The van der Waals surface area contributed by atoms with E-state index < -0.39 is 12.1 Å². The first kappa shape index (κ1) is 24.4. The number of ether oxygens (including phenoxy) is 5. The first-order chi connectivity index (χ1) is 17.4. The minimum absolute atomic E-state index is 0.162. The summed E-state index contributed by atoms with van der Waals surface area (Å²) >= 11 is 12.2. The number of nitrogens with one attached hydrogen (secondary N) is 2. The highest BCUT2D eigenvalue weighted by molar-refractivity contribution is 6.35. The average molecular weight is 531 g/mol. The molecule has 2 aliphatic rings. The highest BCUT2D eigenvalue weighted by Crippen LogP contribution is 2.48. The van der Waals surface area contributed by atoms with E-state index in [9.17, 15) is 4.79 Å². The molecule has 0 spiro atoms. The van der Waals surface area contributed by atoms with E-state index in [2.05, 4.69) is 10.6 Å². The minimum Gasteiger partial charge on any atom is -0.493 e. The third-order valence-corrected chi connectivity index (χ3v) is 6.65. The number of methoxy groups -OCH3 is 3. The lowest BCUT2D eigenvalue weighted by Gasteiger charge is -2.35. The molecule has 2 N–H and O–H groups in total. The molecule has 36 heavy (non-hydrogen) atoms. The molecule has 1 amide bonds. The summed E-state index contributed by atoms with van der Waals surface area (Å²) in [6.07, 6.45) is 0.382. The highest BCUT2D eigenvalue weighted by Gasteiger charge is 2.37. The van der Waals surface area contributed by atoms with Gasteiger partial charge in [0.15, 0.2) is 23.0 Å². The zero-order chi connectivity index (χ0) is 25.4. The number of carbonyl (C=O) groups excluding carboxylic acids is 1. The molecule has 0 aliphatic carbocycles. The molecular formula is C26H24Cl2N2O6. The van der Waals surface area contributed by atoms with E-state index in [0.717, 1.165) is 16.7 Å². The maximum Gasteiger partial charge on any atom is 0.241 e. The molecule has 0 unspecified atom stereocenters. The molecule has 2 aliphatic heterocycles. The van der Waals surface area contributed by atoms with Crippen molar-refractivity contribution in [1.29, 1.82) is 0 Å². The summed E-state index contributed by atoms with van der Waals surface area (Å²) < 4.78 is 28.1. The summed E-state index contributed by atoms with van der Waals surface area (Å²) in [5.74, 6) is 2.58. The van der Waals surface area contributed by atoms with E-state index in [0.29, 0.717) is 50.9 Å². The SMILES string of the molecule is COc1cc2c(c(OC)c1OC)[C@@H](c1ccc3c(c1)OCO3)N[C@H](C(=O)Nc1cc(Cl)cc(Cl)c1)C2. The maximum absolute atomic E-state index is 13.4. The molecule has 3 aromatic rings. The molecule has 8 nitrogen and oxygen atoms in total. The van der Waals surface area contributed by atoms with Crippen molar-refractivity contribution in [3.8, 4) is 28.7 Å². The quantitative estimate of drug-likeness (QED) is 0.464. The number of benzene rings is 3. The topological polar surface area (TPSA) is 87.3 Å². The molecule has 188 valence electrons. The van der Waals surface area contributed by atoms with E-state index >= 15 is 0 Å². The molecule has 0 radical (unpaired) electrons. The van der Waals surface area contributed by atoms with Gasteiger partial charge in [-0.1, -0.05) is 29.3 Å². The molecule has 2 heterocycles. The second kappa shape index (κ2) is 9.97. The number of halogens is 2. The molecule has 0 fully saturated rings. The Balaban J connectivity index is 1.58. The Morgan fingerprint density at radius 2 is 1.67 bits per heavy atom. The molecule has 5 rings (SSSR count). The van der Waals surface area contributed by atoms with Crippen LogP contribution in [-0.4, -0.2) is 40.1 Å². The van der Waals surface area contributed by atoms with Crippen LogP contribution in [0.2, 0.25) is 10.0 Å². The van der Waals surface area contributed by atoms with Crippen LogP contribution in [0.4, 0.5) is 5.69 Å². The fourth-order valence-corrected chi connectivity index (χ4v) is 5.18. The van der Waals surface area contributed by atoms with Crippen molar-refractivity contribution in [1.82, 2.24) is 5.32 Å². The van der Waals surface area contributed by atoms with Crippen LogP contribution in [0.15, 0.2) is 42.5 Å². The molecule has 2 atom stereocenters. The van der Waals surface area contributed by atoms with Crippen molar-refractivity contribution in [2.24, 2.45) is 0 Å². The number of amides is 1. The van der Waals surface area contributed by atoms with Crippen LogP contribution in [0.25, 0.3) is 0 Å². The first-order valence-electron chi connectivity index (χ1n) is 11.2. The molecule has 0 aromatic heterocycles. The molecule has 0 saturated heterocycles. The van der Waals surface area contributed by atoms with E-state index in [1.54, 1.807) is 39.5 Å². The summed E-state index contributed by atoms with van der Waals surface area (Å²) in [5.41, 5.74) is 3.11. The van der Waals surface area contributed by atoms with Gasteiger partial charge in [0.25, 0.3) is 0 Å². The molecular weight excluding hydrogens is 507 g/mol. The third kappa shape index (κ3) is 4.48. The van der Waals surface area contributed by atoms with Gasteiger partial charge in [-0.2, -0.15) is 0 Å². The number of anilines is 1. The lowest BCUT2D eigenvalue weighted by atomic mass is 9.85. The monoisotopic (exact) mass is 530 g/mol. The predicted molar refractivity (Wildman–Crippen MR) is 136 cm³/mol. The third-order valence-electron chi connectivity index (χ3n) is 6.21. The maximum atomic E-state index is 13.4. The van der Waals surface area contributed by atoms with Crippen LogP contribution in [0.1, 0.15) is 22.7 Å². The Bertz CT molecular complexity index is 1310. The lowest BCUT2D eigenvalue weighted by molar-refractivity contribution is -0.118. The van der Waals surface area contributed by atoms with E-state index in [4.69, 9.17) is 46.9 Å². The summed E-state index contributed by atoms with van der Waals surface area (Å²) in [6.45, 7) is 0.162. The Morgan fingerprint density at radius 3 is 2.36 bits per heavy atom. The van der Waals surface area contributed by atoms with E-state index in [1.165, 1.54) is 0 Å². The fourth-order valence-electron chi connectivity index (χ4n) is 4.66. The van der Waals surface area contributed by atoms with Crippen LogP contribution in [0, 0.1) is 0 Å². The number of fused-ring (bicyclic) bond motifs is 2. The van der Waals surface area contributed by atoms with Gasteiger partial charge in [-0.15, -0.1) is 0 Å². The molecule has 0 saturated carbocycles. The predicted octanol–water partition coefficient (Wildman–Crippen LogP) is 4.99. The molecule has 3 aromatic carbocycles. The minimum atomic E-state index is -0.589. The van der Waals surface area contributed by atoms with Gasteiger partial charge >= 0.3 is 0 Å². The fraction of sp³-hybridized carbons (Fsp3) is 0.269. The van der Waals surface area contributed by atoms with Crippen LogP contribution in [0.3, 0.4) is 0 Å². The molecule has 10 heteroatoms. The van der Waals surface area contributed by atoms with Gasteiger partial charge in [-0.05, 0) is 53.9 Å². The summed E-state index contributed by atoms with van der Waals surface area (Å²) in [4.78, 5) is 13.4. The molecule has 0 bridgehead atoms. The first-order valence-corrected chi connectivity index (χ1v) is 11.9. The largest absolute Gasteiger partial charge is 0.493 e. The summed E-state index contributed by atoms with van der Waals surface area (Å²) in [6, 6.07) is 11.5. The average Bonchev–Trinajstić information content (AvgIpc) is 3.34. The van der Waals surface area contributed by atoms with Crippen LogP contribution >= 0.6 is 23.2 Å². The van der Waals surface area contributed by atoms with E-state index in [1.807, 2.05) is 24.3 Å². The van der Waals surface area contributed by atoms with Gasteiger partial charge in [0.2, 0.25) is 18.4 Å². The summed E-state index contributed by atoms with van der Waals surface area (Å²) in [5, 5.41) is 7.25. The van der Waals surface area contributed by atoms with Gasteiger partial charge in [0.1, 0.15) is 0 Å². The lowest BCUT2D eigenvalue weighted by Crippen LogP contribution is -2.47. The Morgan fingerprint density at radius 1 is 0.944 bits per heavy atom. The Labute approximate surface area is 218 Å². The van der Waals surface area contributed by atoms with Crippen molar-refractivity contribution in [3.63, 3.8) is 0 Å².